The third kappa shape index (κ3) is 4.74. The number of nitriles is 1. The van der Waals surface area contributed by atoms with Crippen molar-refractivity contribution in [3.05, 3.63) is 61.4 Å². The molecular formula is C18H16Br3N3O2S. The first-order valence-corrected chi connectivity index (χ1v) is 12.0. The maximum Gasteiger partial charge on any atom is 0.244 e. The van der Waals surface area contributed by atoms with Gasteiger partial charge >= 0.3 is 0 Å². The largest absolute Gasteiger partial charge is 0.309 e. The molecule has 0 radical (unpaired) electrons. The highest BCUT2D eigenvalue weighted by molar-refractivity contribution is 9.11. The van der Waals surface area contributed by atoms with E-state index >= 15 is 0 Å². The van der Waals surface area contributed by atoms with Crippen LogP contribution in [0.5, 0.6) is 0 Å². The van der Waals surface area contributed by atoms with Gasteiger partial charge in [-0.05, 0) is 58.2 Å². The van der Waals surface area contributed by atoms with Gasteiger partial charge in [0.25, 0.3) is 0 Å². The minimum atomic E-state index is -3.77. The van der Waals surface area contributed by atoms with Crippen LogP contribution in [0, 0.1) is 11.5 Å². The molecule has 2 aromatic carbocycles. The smallest absolute Gasteiger partial charge is 0.244 e. The second-order valence-corrected chi connectivity index (χ2v) is 10.8. The Hall–Kier alpha value is -0.920. The van der Waals surface area contributed by atoms with E-state index in [2.05, 4.69) is 54.0 Å². The summed E-state index contributed by atoms with van der Waals surface area (Å²) in [5.41, 5.74) is 0.892. The van der Waals surface area contributed by atoms with Crippen LogP contribution >= 0.6 is 47.8 Å². The van der Waals surface area contributed by atoms with Crippen molar-refractivity contribution in [2.75, 3.05) is 13.1 Å². The van der Waals surface area contributed by atoms with E-state index < -0.39 is 10.0 Å². The fourth-order valence-corrected chi connectivity index (χ4v) is 6.41. The Morgan fingerprint density at radius 2 is 1.78 bits per heavy atom. The van der Waals surface area contributed by atoms with E-state index in [0.29, 0.717) is 28.5 Å². The summed E-state index contributed by atoms with van der Waals surface area (Å²) in [5, 5.41) is 9.18. The summed E-state index contributed by atoms with van der Waals surface area (Å²) >= 11 is 10.1. The number of halogens is 3. The van der Waals surface area contributed by atoms with Crippen molar-refractivity contribution in [2.24, 2.45) is 0 Å². The van der Waals surface area contributed by atoms with Crippen LogP contribution in [0.4, 0.5) is 0 Å². The molecule has 2 aromatic rings. The molecule has 1 aliphatic rings. The lowest BCUT2D eigenvalue weighted by molar-refractivity contribution is 0.314. The lowest BCUT2D eigenvalue weighted by Gasteiger charge is -2.28. The Morgan fingerprint density at radius 1 is 1.11 bits per heavy atom. The number of benzene rings is 2. The lowest BCUT2D eigenvalue weighted by Crippen LogP contribution is -2.41. The van der Waals surface area contributed by atoms with Crippen molar-refractivity contribution >= 4 is 57.8 Å². The molecule has 1 atom stereocenters. The van der Waals surface area contributed by atoms with Crippen molar-refractivity contribution in [1.29, 1.82) is 5.26 Å². The highest BCUT2D eigenvalue weighted by Gasteiger charge is 2.36. The predicted octanol–water partition coefficient (Wildman–Crippen LogP) is 4.72. The van der Waals surface area contributed by atoms with Gasteiger partial charge in [-0.3, -0.25) is 0 Å². The first kappa shape index (κ1) is 20.8. The van der Waals surface area contributed by atoms with E-state index in [1.165, 1.54) is 4.31 Å². The van der Waals surface area contributed by atoms with Crippen LogP contribution in [0.3, 0.4) is 0 Å². The average Bonchev–Trinajstić information content (AvgIpc) is 3.11. The number of rotatable bonds is 5. The van der Waals surface area contributed by atoms with E-state index in [-0.39, 0.29) is 17.5 Å². The minimum Gasteiger partial charge on any atom is -0.309 e. The molecule has 0 unspecified atom stereocenters. The summed E-state index contributed by atoms with van der Waals surface area (Å²) in [6.07, 6.45) is 2.74. The van der Waals surface area contributed by atoms with Gasteiger partial charge in [-0.15, -0.1) is 0 Å². The topological polar surface area (TPSA) is 64.4 Å². The number of sulfonamides is 1. The van der Waals surface area contributed by atoms with E-state index in [1.54, 1.807) is 23.1 Å². The Bertz CT molecular complexity index is 974. The fourth-order valence-electron chi connectivity index (χ4n) is 3.05. The molecule has 1 aliphatic heterocycles. The van der Waals surface area contributed by atoms with Crippen molar-refractivity contribution in [1.82, 2.24) is 9.21 Å². The van der Waals surface area contributed by atoms with Gasteiger partial charge in [0.2, 0.25) is 10.0 Å². The van der Waals surface area contributed by atoms with Crippen molar-refractivity contribution in [2.45, 2.75) is 23.9 Å². The zero-order chi connectivity index (χ0) is 19.6. The fraction of sp³-hybridized carbons (Fsp3) is 0.278. The summed E-state index contributed by atoms with van der Waals surface area (Å²) in [6, 6.07) is 12.4. The molecule has 5 nitrogen and oxygen atoms in total. The minimum absolute atomic E-state index is 0.212. The monoisotopic (exact) mass is 575 g/mol. The number of likely N-dealkylation sites (tertiary alicyclic amines) is 1. The zero-order valence-electron chi connectivity index (χ0n) is 14.1. The van der Waals surface area contributed by atoms with Crippen LogP contribution in [-0.2, 0) is 16.6 Å². The van der Waals surface area contributed by atoms with Crippen LogP contribution in [0.15, 0.2) is 60.8 Å². The van der Waals surface area contributed by atoms with Gasteiger partial charge in [0.05, 0.1) is 4.90 Å². The molecule has 0 aromatic heterocycles. The average molecular weight is 578 g/mol. The van der Waals surface area contributed by atoms with Gasteiger partial charge < -0.3 is 4.90 Å². The third-order valence-corrected chi connectivity index (χ3v) is 8.36. The van der Waals surface area contributed by atoms with Crippen molar-refractivity contribution in [3.8, 4) is 6.19 Å². The lowest BCUT2D eigenvalue weighted by atomic mass is 10.2. The molecule has 27 heavy (non-hydrogen) atoms. The van der Waals surface area contributed by atoms with Gasteiger partial charge in [-0.1, -0.05) is 44.0 Å². The summed E-state index contributed by atoms with van der Waals surface area (Å²) in [7, 11) is -3.77. The van der Waals surface area contributed by atoms with Crippen LogP contribution in [0.25, 0.3) is 0 Å². The van der Waals surface area contributed by atoms with Crippen molar-refractivity contribution in [3.63, 3.8) is 0 Å². The molecular weight excluding hydrogens is 562 g/mol. The summed E-state index contributed by atoms with van der Waals surface area (Å²) in [4.78, 5) is 1.81. The maximum absolute atomic E-state index is 13.5. The SMILES string of the molecule is N#CN1CC[C@@H](N(Cc2ccc(Br)cc2)S(=O)(=O)c2cc(Br)ccc2Br)C1. The van der Waals surface area contributed by atoms with E-state index in [0.717, 1.165) is 10.0 Å². The van der Waals surface area contributed by atoms with Crippen LogP contribution in [0.1, 0.15) is 12.0 Å². The van der Waals surface area contributed by atoms with Gasteiger partial charge in [0.1, 0.15) is 0 Å². The molecule has 9 heteroatoms. The first-order valence-electron chi connectivity index (χ1n) is 8.17. The van der Waals surface area contributed by atoms with Gasteiger partial charge in [-0.25, -0.2) is 8.42 Å². The Morgan fingerprint density at radius 3 is 2.41 bits per heavy atom. The molecule has 0 spiro atoms. The number of hydrogen-bond donors (Lipinski definition) is 0. The van der Waals surface area contributed by atoms with E-state index in [9.17, 15) is 13.7 Å². The summed E-state index contributed by atoms with van der Waals surface area (Å²) in [5.74, 6) is 0. The molecule has 0 amide bonds. The molecule has 1 fully saturated rings. The van der Waals surface area contributed by atoms with Crippen LogP contribution in [-0.4, -0.2) is 36.8 Å². The van der Waals surface area contributed by atoms with Crippen molar-refractivity contribution < 1.29 is 8.42 Å². The zero-order valence-corrected chi connectivity index (χ0v) is 19.7. The Balaban J connectivity index is 2.01. The van der Waals surface area contributed by atoms with E-state index in [4.69, 9.17) is 0 Å². The first-order chi connectivity index (χ1) is 12.8. The predicted molar refractivity (Wildman–Crippen MR) is 114 cm³/mol. The molecule has 1 saturated heterocycles. The van der Waals surface area contributed by atoms with Gasteiger partial charge in [0.15, 0.2) is 6.19 Å². The van der Waals surface area contributed by atoms with Gasteiger partial charge in [-0.2, -0.15) is 9.57 Å². The highest BCUT2D eigenvalue weighted by atomic mass is 79.9. The Labute approximate surface area is 184 Å². The Kier molecular flexibility index (Phi) is 6.64. The second kappa shape index (κ2) is 8.62. The van der Waals surface area contributed by atoms with E-state index in [1.807, 2.05) is 24.3 Å². The quantitative estimate of drug-likeness (QED) is 0.483. The van der Waals surface area contributed by atoms with Gasteiger partial charge in [0, 0.05) is 39.1 Å². The standard InChI is InChI=1S/C18H16Br3N3O2S/c19-14-3-1-13(2-4-14)10-24(16-7-8-23(11-16)12-22)27(25,26)18-9-15(20)5-6-17(18)21/h1-6,9,16H,7-8,10-11H2/t16-/m1/s1. The molecule has 0 saturated carbocycles. The molecule has 0 bridgehead atoms. The molecule has 0 aliphatic carbocycles. The molecule has 0 N–H and O–H groups in total. The number of hydrogen-bond acceptors (Lipinski definition) is 4. The number of nitrogens with zero attached hydrogens (tertiary/aromatic N) is 3. The highest BCUT2D eigenvalue weighted by Crippen LogP contribution is 2.32. The molecule has 1 heterocycles. The maximum atomic E-state index is 13.5. The summed E-state index contributed by atoms with van der Waals surface area (Å²) in [6.45, 7) is 1.21. The third-order valence-electron chi connectivity index (χ3n) is 4.44. The van der Waals surface area contributed by atoms with Crippen LogP contribution in [0.2, 0.25) is 0 Å². The second-order valence-electron chi connectivity index (χ2n) is 6.24. The molecule has 142 valence electrons. The normalized spacial score (nSPS) is 17.3. The summed E-state index contributed by atoms with van der Waals surface area (Å²) < 4.78 is 30.7. The van der Waals surface area contributed by atoms with Crippen LogP contribution < -0.4 is 0 Å². The molecule has 3 rings (SSSR count).